The van der Waals surface area contributed by atoms with Crippen molar-refractivity contribution in [2.45, 2.75) is 52.1 Å². The van der Waals surface area contributed by atoms with E-state index in [4.69, 9.17) is 20.9 Å². The smallest absolute Gasteiger partial charge is 0.437 e. The van der Waals surface area contributed by atoms with Crippen molar-refractivity contribution < 1.29 is 32.3 Å². The van der Waals surface area contributed by atoms with Crippen molar-refractivity contribution in [3.8, 4) is 11.5 Å². The van der Waals surface area contributed by atoms with Crippen LogP contribution in [0, 0.1) is 0 Å². The summed E-state index contributed by atoms with van der Waals surface area (Å²) in [6.07, 6.45) is -2.80. The van der Waals surface area contributed by atoms with Gasteiger partial charge in [0.05, 0.1) is 11.8 Å². The third kappa shape index (κ3) is 4.95. The molecular formula is C22H21ClF3NO4. The monoisotopic (exact) mass is 455 g/mol. The number of aromatic nitrogens is 1. The Hall–Kier alpha value is -2.74. The van der Waals surface area contributed by atoms with E-state index in [1.165, 1.54) is 12.1 Å². The maximum Gasteiger partial charge on any atom is 0.437 e. The van der Waals surface area contributed by atoms with Gasteiger partial charge in [0.2, 0.25) is 0 Å². The number of carboxylic acids is 1. The summed E-state index contributed by atoms with van der Waals surface area (Å²) in [5.74, 6) is -0.454. The predicted octanol–water partition coefficient (Wildman–Crippen LogP) is 6.82. The van der Waals surface area contributed by atoms with Gasteiger partial charge in [0.25, 0.3) is 0 Å². The largest absolute Gasteiger partial charge is 0.481 e. The minimum Gasteiger partial charge on any atom is -0.481 e. The van der Waals surface area contributed by atoms with Gasteiger partial charge in [0, 0.05) is 16.1 Å². The van der Waals surface area contributed by atoms with Gasteiger partial charge in [-0.05, 0) is 36.6 Å². The first-order valence-electron chi connectivity index (χ1n) is 9.85. The average molecular weight is 456 g/mol. The standard InChI is InChI=1S/C22H21ClF3NO4/c1-3-5-13-9-16-20(31-27-21(16)22(24,25)26)15(6-4-2)19(13)30-17-11-14(23)8-7-12(17)10-18(28)29/h7-9,11H,3-6,10H2,1-2H3,(H,28,29). The summed E-state index contributed by atoms with van der Waals surface area (Å²) >= 11 is 6.09. The number of benzene rings is 2. The third-order valence-corrected chi connectivity index (χ3v) is 4.99. The molecular weight excluding hydrogens is 435 g/mol. The lowest BCUT2D eigenvalue weighted by Gasteiger charge is -2.18. The Labute approximate surface area is 181 Å². The van der Waals surface area contributed by atoms with Gasteiger partial charge in [-0.2, -0.15) is 13.2 Å². The minimum atomic E-state index is -4.65. The first-order chi connectivity index (χ1) is 14.7. The summed E-state index contributed by atoms with van der Waals surface area (Å²) in [7, 11) is 0. The number of nitrogens with zero attached hydrogens (tertiary/aromatic N) is 1. The summed E-state index contributed by atoms with van der Waals surface area (Å²) in [6, 6.07) is 6.01. The van der Waals surface area contributed by atoms with E-state index < -0.39 is 17.8 Å². The third-order valence-electron chi connectivity index (χ3n) is 4.76. The molecule has 0 aliphatic rings. The Kier molecular flexibility index (Phi) is 6.79. The van der Waals surface area contributed by atoms with Crippen molar-refractivity contribution in [3.63, 3.8) is 0 Å². The number of aryl methyl sites for hydroxylation is 2. The van der Waals surface area contributed by atoms with Gasteiger partial charge in [0.15, 0.2) is 11.3 Å². The quantitative estimate of drug-likeness (QED) is 0.403. The number of ether oxygens (including phenoxy) is 1. The van der Waals surface area contributed by atoms with Gasteiger partial charge in [-0.15, -0.1) is 0 Å². The van der Waals surface area contributed by atoms with Crippen molar-refractivity contribution in [3.05, 3.63) is 51.7 Å². The molecule has 5 nitrogen and oxygen atoms in total. The van der Waals surface area contributed by atoms with Crippen LogP contribution in [-0.2, 0) is 30.2 Å². The molecule has 0 bridgehead atoms. The van der Waals surface area contributed by atoms with Crippen LogP contribution in [0.3, 0.4) is 0 Å². The van der Waals surface area contributed by atoms with Crippen LogP contribution in [0.25, 0.3) is 11.0 Å². The van der Waals surface area contributed by atoms with Gasteiger partial charge in [-0.3, -0.25) is 4.79 Å². The Morgan fingerprint density at radius 3 is 2.48 bits per heavy atom. The van der Waals surface area contributed by atoms with Gasteiger partial charge in [-0.1, -0.05) is 49.5 Å². The van der Waals surface area contributed by atoms with E-state index in [-0.39, 0.29) is 23.1 Å². The number of carbonyl (C=O) groups is 1. The van der Waals surface area contributed by atoms with Crippen molar-refractivity contribution in [1.82, 2.24) is 5.16 Å². The second kappa shape index (κ2) is 9.18. The molecule has 3 rings (SSSR count). The summed E-state index contributed by atoms with van der Waals surface area (Å²) in [5.41, 5.74) is 0.375. The highest BCUT2D eigenvalue weighted by atomic mass is 35.5. The number of hydrogen-bond acceptors (Lipinski definition) is 4. The molecule has 9 heteroatoms. The highest BCUT2D eigenvalue weighted by Crippen LogP contribution is 2.42. The number of rotatable bonds is 8. The molecule has 3 aromatic rings. The molecule has 0 saturated heterocycles. The van der Waals surface area contributed by atoms with E-state index in [1.807, 2.05) is 13.8 Å². The fourth-order valence-corrected chi connectivity index (χ4v) is 3.65. The first kappa shape index (κ1) is 22.9. The number of carboxylic acid groups (broad SMARTS) is 1. The molecule has 1 heterocycles. The fourth-order valence-electron chi connectivity index (χ4n) is 3.49. The molecule has 0 atom stereocenters. The second-order valence-electron chi connectivity index (χ2n) is 7.17. The Morgan fingerprint density at radius 2 is 1.87 bits per heavy atom. The van der Waals surface area contributed by atoms with Crippen LogP contribution in [0.15, 0.2) is 28.8 Å². The molecule has 2 aromatic carbocycles. The van der Waals surface area contributed by atoms with Crippen LogP contribution in [-0.4, -0.2) is 16.2 Å². The summed E-state index contributed by atoms with van der Waals surface area (Å²) in [5, 5.41) is 12.7. The molecule has 0 unspecified atom stereocenters. The minimum absolute atomic E-state index is 0.0193. The van der Waals surface area contributed by atoms with Crippen molar-refractivity contribution in [2.75, 3.05) is 0 Å². The SMILES string of the molecule is CCCc1cc2c(C(F)(F)F)noc2c(CCC)c1Oc1cc(Cl)ccc1CC(=O)O. The molecule has 0 radical (unpaired) electrons. The molecule has 0 aliphatic heterocycles. The lowest BCUT2D eigenvalue weighted by molar-refractivity contribution is -0.141. The number of alkyl halides is 3. The van der Waals surface area contributed by atoms with Gasteiger partial charge >= 0.3 is 12.1 Å². The lowest BCUT2D eigenvalue weighted by atomic mass is 9.97. The van der Waals surface area contributed by atoms with E-state index in [2.05, 4.69) is 5.16 Å². The number of fused-ring (bicyclic) bond motifs is 1. The van der Waals surface area contributed by atoms with Crippen LogP contribution in [0.2, 0.25) is 5.02 Å². The Morgan fingerprint density at radius 1 is 1.16 bits per heavy atom. The molecule has 0 saturated carbocycles. The molecule has 1 aromatic heterocycles. The van der Waals surface area contributed by atoms with Crippen LogP contribution < -0.4 is 4.74 Å². The van der Waals surface area contributed by atoms with E-state index in [0.29, 0.717) is 53.1 Å². The van der Waals surface area contributed by atoms with E-state index in [0.717, 1.165) is 0 Å². The van der Waals surface area contributed by atoms with Gasteiger partial charge in [-0.25, -0.2) is 0 Å². The molecule has 0 fully saturated rings. The zero-order valence-electron chi connectivity index (χ0n) is 17.0. The average Bonchev–Trinajstić information content (AvgIpc) is 3.10. The summed E-state index contributed by atoms with van der Waals surface area (Å²) < 4.78 is 51.5. The van der Waals surface area contributed by atoms with Crippen LogP contribution in [0.1, 0.15) is 49.1 Å². The second-order valence-corrected chi connectivity index (χ2v) is 7.61. The molecule has 31 heavy (non-hydrogen) atoms. The van der Waals surface area contributed by atoms with Crippen molar-refractivity contribution >= 4 is 28.5 Å². The fraction of sp³-hybridized carbons (Fsp3) is 0.364. The molecule has 1 N–H and O–H groups in total. The van der Waals surface area contributed by atoms with Gasteiger partial charge < -0.3 is 14.4 Å². The molecule has 0 aliphatic carbocycles. The predicted molar refractivity (Wildman–Crippen MR) is 110 cm³/mol. The Balaban J connectivity index is 2.24. The molecule has 166 valence electrons. The zero-order valence-corrected chi connectivity index (χ0v) is 17.7. The van der Waals surface area contributed by atoms with Crippen molar-refractivity contribution in [1.29, 1.82) is 0 Å². The molecule has 0 amide bonds. The van der Waals surface area contributed by atoms with Crippen LogP contribution in [0.5, 0.6) is 11.5 Å². The van der Waals surface area contributed by atoms with Crippen LogP contribution >= 0.6 is 11.6 Å². The topological polar surface area (TPSA) is 72.6 Å². The first-order valence-corrected chi connectivity index (χ1v) is 10.2. The van der Waals surface area contributed by atoms with E-state index in [9.17, 15) is 23.1 Å². The highest BCUT2D eigenvalue weighted by Gasteiger charge is 2.38. The lowest BCUT2D eigenvalue weighted by Crippen LogP contribution is -2.07. The van der Waals surface area contributed by atoms with E-state index >= 15 is 0 Å². The number of aliphatic carboxylic acids is 1. The maximum absolute atomic E-state index is 13.4. The molecule has 0 spiro atoms. The summed E-state index contributed by atoms with van der Waals surface area (Å²) in [6.45, 7) is 3.79. The number of halogens is 4. The number of hydrogen-bond donors (Lipinski definition) is 1. The van der Waals surface area contributed by atoms with Gasteiger partial charge in [0.1, 0.15) is 11.5 Å². The maximum atomic E-state index is 13.4. The van der Waals surface area contributed by atoms with Crippen LogP contribution in [0.4, 0.5) is 13.2 Å². The normalized spacial score (nSPS) is 11.8. The zero-order chi connectivity index (χ0) is 22.8. The summed E-state index contributed by atoms with van der Waals surface area (Å²) in [4.78, 5) is 11.3. The Bertz CT molecular complexity index is 1110. The van der Waals surface area contributed by atoms with E-state index in [1.54, 1.807) is 12.1 Å². The highest BCUT2D eigenvalue weighted by molar-refractivity contribution is 6.30. The van der Waals surface area contributed by atoms with Crippen molar-refractivity contribution in [2.24, 2.45) is 0 Å².